The number of halogens is 1. The molecule has 2 amide bonds. The summed E-state index contributed by atoms with van der Waals surface area (Å²) in [6.45, 7) is 9.71. The highest BCUT2D eigenvalue weighted by atomic mass is 79.9. The number of aliphatic hydroxyl groups is 1. The van der Waals surface area contributed by atoms with Crippen molar-refractivity contribution in [3.8, 4) is 0 Å². The SMILES string of the molecule is C=CCN(Cn1nnc2ccccc21)C(=O)C1N([C@@H](CO)C(C)C)C(=O)[C@@H]2[C@@H](C(=O)OCC)[C@@H]3SC12CC3Br. The monoisotopic (exact) mass is 619 g/mol. The van der Waals surface area contributed by atoms with Crippen molar-refractivity contribution >= 4 is 56.5 Å². The Kier molecular flexibility index (Phi) is 7.82. The Bertz CT molecular complexity index is 1290. The first-order valence-corrected chi connectivity index (χ1v) is 15.1. The van der Waals surface area contributed by atoms with Crippen molar-refractivity contribution in [3.63, 3.8) is 0 Å². The molecule has 5 rings (SSSR count). The zero-order valence-corrected chi connectivity index (χ0v) is 24.7. The summed E-state index contributed by atoms with van der Waals surface area (Å²) in [5.41, 5.74) is 1.49. The lowest BCUT2D eigenvalue weighted by Crippen LogP contribution is -2.58. The number of ether oxygens (including phenoxy) is 1. The smallest absolute Gasteiger partial charge is 0.310 e. The highest BCUT2D eigenvalue weighted by molar-refractivity contribution is 9.09. The number of carbonyl (C=O) groups is 3. The van der Waals surface area contributed by atoms with Crippen LogP contribution < -0.4 is 0 Å². The molecule has 3 saturated heterocycles. The number of rotatable bonds is 10. The fraction of sp³-hybridized carbons (Fsp3) is 0.593. The van der Waals surface area contributed by atoms with Crippen molar-refractivity contribution in [1.29, 1.82) is 0 Å². The molecule has 0 radical (unpaired) electrons. The molecule has 12 heteroatoms. The van der Waals surface area contributed by atoms with Crippen LogP contribution in [-0.4, -0.2) is 94.4 Å². The van der Waals surface area contributed by atoms with Crippen LogP contribution in [0.5, 0.6) is 0 Å². The normalized spacial score (nSPS) is 30.2. The highest BCUT2D eigenvalue weighted by Gasteiger charge is 2.76. The zero-order chi connectivity index (χ0) is 28.1. The lowest BCUT2D eigenvalue weighted by atomic mass is 9.71. The second-order valence-corrected chi connectivity index (χ2v) is 13.4. The van der Waals surface area contributed by atoms with Crippen LogP contribution in [0.25, 0.3) is 11.0 Å². The molecule has 3 unspecified atom stereocenters. The number of hydrogen-bond acceptors (Lipinski definition) is 8. The third-order valence-electron chi connectivity index (χ3n) is 8.22. The molecule has 3 aliphatic heterocycles. The maximum absolute atomic E-state index is 14.6. The van der Waals surface area contributed by atoms with E-state index >= 15 is 0 Å². The van der Waals surface area contributed by atoms with Crippen molar-refractivity contribution in [1.82, 2.24) is 24.8 Å². The molecule has 1 aromatic carbocycles. The van der Waals surface area contributed by atoms with Gasteiger partial charge >= 0.3 is 5.97 Å². The summed E-state index contributed by atoms with van der Waals surface area (Å²) in [5.74, 6) is -2.42. The summed E-state index contributed by atoms with van der Waals surface area (Å²) in [4.78, 5) is 45.2. The Morgan fingerprint density at radius 2 is 2.13 bits per heavy atom. The van der Waals surface area contributed by atoms with Gasteiger partial charge < -0.3 is 19.6 Å². The van der Waals surface area contributed by atoms with Crippen molar-refractivity contribution in [2.24, 2.45) is 17.8 Å². The van der Waals surface area contributed by atoms with Crippen molar-refractivity contribution < 1.29 is 24.2 Å². The number of aliphatic hydroxyl groups excluding tert-OH is 1. The van der Waals surface area contributed by atoms with E-state index in [0.717, 1.165) is 5.52 Å². The van der Waals surface area contributed by atoms with Crippen LogP contribution in [0.15, 0.2) is 36.9 Å². The van der Waals surface area contributed by atoms with E-state index in [1.165, 1.54) is 0 Å². The van der Waals surface area contributed by atoms with Crippen molar-refractivity contribution in [2.45, 2.75) is 60.8 Å². The highest BCUT2D eigenvalue weighted by Crippen LogP contribution is 2.68. The maximum atomic E-state index is 14.6. The number of nitrogens with zero attached hydrogens (tertiary/aromatic N) is 5. The number of amides is 2. The quantitative estimate of drug-likeness (QED) is 0.245. The summed E-state index contributed by atoms with van der Waals surface area (Å²) < 4.78 is 6.24. The van der Waals surface area contributed by atoms with Crippen LogP contribution in [0.2, 0.25) is 0 Å². The summed E-state index contributed by atoms with van der Waals surface area (Å²) >= 11 is 5.31. The van der Waals surface area contributed by atoms with Crippen molar-refractivity contribution in [3.05, 3.63) is 36.9 Å². The van der Waals surface area contributed by atoms with Gasteiger partial charge in [-0.3, -0.25) is 14.4 Å². The Morgan fingerprint density at radius 3 is 2.79 bits per heavy atom. The van der Waals surface area contributed by atoms with Crippen LogP contribution in [0.4, 0.5) is 0 Å². The molecule has 39 heavy (non-hydrogen) atoms. The molecule has 2 bridgehead atoms. The Morgan fingerprint density at radius 1 is 1.38 bits per heavy atom. The molecule has 1 aromatic heterocycles. The number of thioether (sulfide) groups is 1. The van der Waals surface area contributed by atoms with Gasteiger partial charge in [-0.15, -0.1) is 23.4 Å². The molecule has 0 aliphatic carbocycles. The lowest BCUT2D eigenvalue weighted by molar-refractivity contribution is -0.154. The predicted molar refractivity (Wildman–Crippen MR) is 151 cm³/mol. The first-order chi connectivity index (χ1) is 18.7. The van der Waals surface area contributed by atoms with Crippen LogP contribution in [0, 0.1) is 17.8 Å². The maximum Gasteiger partial charge on any atom is 0.310 e. The van der Waals surface area contributed by atoms with E-state index in [2.05, 4.69) is 32.8 Å². The topological polar surface area (TPSA) is 118 Å². The minimum Gasteiger partial charge on any atom is -0.466 e. The van der Waals surface area contributed by atoms with E-state index in [4.69, 9.17) is 4.74 Å². The fourth-order valence-corrected chi connectivity index (χ4v) is 10.1. The van der Waals surface area contributed by atoms with Gasteiger partial charge in [0.15, 0.2) is 0 Å². The molecular weight excluding hydrogens is 586 g/mol. The Balaban J connectivity index is 1.59. The molecule has 2 aromatic rings. The average molecular weight is 621 g/mol. The number of para-hydroxylation sites is 1. The van der Waals surface area contributed by atoms with Crippen molar-refractivity contribution in [2.75, 3.05) is 19.8 Å². The predicted octanol–water partition coefficient (Wildman–Crippen LogP) is 2.45. The summed E-state index contributed by atoms with van der Waals surface area (Å²) in [5, 5.41) is 18.7. The number of benzene rings is 1. The number of likely N-dealkylation sites (tertiary alicyclic amines) is 1. The van der Waals surface area contributed by atoms with E-state index in [9.17, 15) is 19.5 Å². The number of aromatic nitrogens is 3. The molecule has 1 spiro atoms. The number of carbonyl (C=O) groups excluding carboxylic acids is 3. The third-order valence-corrected chi connectivity index (χ3v) is 11.4. The van der Waals surface area contributed by atoms with Gasteiger partial charge in [0, 0.05) is 16.6 Å². The van der Waals surface area contributed by atoms with Gasteiger partial charge in [-0.1, -0.05) is 53.2 Å². The molecule has 3 fully saturated rings. The second kappa shape index (κ2) is 10.9. The number of fused-ring (bicyclic) bond motifs is 2. The molecule has 7 atom stereocenters. The molecule has 0 saturated carbocycles. The van der Waals surface area contributed by atoms with Crippen LogP contribution in [0.1, 0.15) is 27.2 Å². The summed E-state index contributed by atoms with van der Waals surface area (Å²) in [6, 6.07) is 6.05. The van der Waals surface area contributed by atoms with Gasteiger partial charge in [0.1, 0.15) is 18.2 Å². The number of hydrogen-bond donors (Lipinski definition) is 1. The molecule has 4 heterocycles. The summed E-state index contributed by atoms with van der Waals surface area (Å²) in [6.07, 6.45) is 2.19. The molecule has 210 valence electrons. The van der Waals surface area contributed by atoms with Crippen LogP contribution in [-0.2, 0) is 25.8 Å². The minimum absolute atomic E-state index is 0.0602. The lowest BCUT2D eigenvalue weighted by Gasteiger charge is -2.40. The standard InChI is InChI=1S/C27H34BrN5O5S/c1-5-11-31(14-32-18-10-8-7-9-17(18)29-30-32)25(36)23-27-12-16(28)22(39-27)20(26(37)38-6-2)21(27)24(35)33(23)19(13-34)15(3)4/h5,7-10,15-16,19-23,34H,1,6,11-14H2,2-4H3/t16?,19-,20+,21-,22+,23?,27?/m0/s1. The van der Waals surface area contributed by atoms with Crippen LogP contribution >= 0.6 is 27.7 Å². The molecule has 10 nitrogen and oxygen atoms in total. The largest absolute Gasteiger partial charge is 0.466 e. The Hall–Kier alpha value is -2.44. The minimum atomic E-state index is -0.876. The summed E-state index contributed by atoms with van der Waals surface area (Å²) in [7, 11) is 0. The molecule has 1 N–H and O–H groups in total. The van der Waals surface area contributed by atoms with Gasteiger partial charge in [0.2, 0.25) is 11.8 Å². The van der Waals surface area contributed by atoms with Gasteiger partial charge in [0.25, 0.3) is 0 Å². The van der Waals surface area contributed by atoms with E-state index in [1.807, 2.05) is 38.1 Å². The first-order valence-electron chi connectivity index (χ1n) is 13.3. The third kappa shape index (κ3) is 4.39. The van der Waals surface area contributed by atoms with Crippen LogP contribution in [0.3, 0.4) is 0 Å². The number of esters is 1. The second-order valence-electron chi connectivity index (χ2n) is 10.7. The average Bonchev–Trinajstić information content (AvgIpc) is 3.62. The van der Waals surface area contributed by atoms with Gasteiger partial charge in [-0.05, 0) is 31.4 Å². The van der Waals surface area contributed by atoms with Gasteiger partial charge in [0.05, 0.1) is 41.4 Å². The van der Waals surface area contributed by atoms with E-state index in [1.54, 1.807) is 39.2 Å². The van der Waals surface area contributed by atoms with E-state index in [-0.39, 0.29) is 54.2 Å². The van der Waals surface area contributed by atoms with Gasteiger partial charge in [-0.25, -0.2) is 4.68 Å². The molecule has 3 aliphatic rings. The van der Waals surface area contributed by atoms with E-state index in [0.29, 0.717) is 11.9 Å². The zero-order valence-electron chi connectivity index (χ0n) is 22.3. The first kappa shape index (κ1) is 28.1. The molecular formula is C27H34BrN5O5S. The fourth-order valence-electron chi connectivity index (χ4n) is 6.56. The van der Waals surface area contributed by atoms with E-state index < -0.39 is 34.6 Å². The number of alkyl halides is 1. The Labute approximate surface area is 240 Å². The van der Waals surface area contributed by atoms with Gasteiger partial charge in [-0.2, -0.15) is 0 Å².